The highest BCUT2D eigenvalue weighted by Crippen LogP contribution is 2.34. The zero-order valence-electron chi connectivity index (χ0n) is 11.2. The molecule has 0 spiro atoms. The molecular formula is C18H15NO. The van der Waals surface area contributed by atoms with Crippen LogP contribution in [0.1, 0.15) is 28.9 Å². The maximum atomic E-state index is 12.3. The summed E-state index contributed by atoms with van der Waals surface area (Å²) in [6.07, 6.45) is 2.61. The van der Waals surface area contributed by atoms with Gasteiger partial charge in [-0.1, -0.05) is 36.4 Å². The van der Waals surface area contributed by atoms with Crippen molar-refractivity contribution in [1.29, 1.82) is 0 Å². The number of ketones is 1. The fourth-order valence-electron chi connectivity index (χ4n) is 3.25. The normalized spacial score (nSPS) is 14.5. The molecule has 1 aliphatic rings. The molecule has 1 aromatic heterocycles. The molecule has 0 saturated carbocycles. The predicted molar refractivity (Wildman–Crippen MR) is 80.5 cm³/mol. The van der Waals surface area contributed by atoms with Crippen LogP contribution in [0.15, 0.2) is 54.6 Å². The van der Waals surface area contributed by atoms with Crippen LogP contribution >= 0.6 is 0 Å². The molecule has 0 aliphatic heterocycles. The third-order valence-corrected chi connectivity index (χ3v) is 4.08. The smallest absolute Gasteiger partial charge is 0.165 e. The summed E-state index contributed by atoms with van der Waals surface area (Å²) >= 11 is 0. The third kappa shape index (κ3) is 1.54. The Labute approximate surface area is 117 Å². The second kappa shape index (κ2) is 4.34. The van der Waals surface area contributed by atoms with Crippen molar-refractivity contribution in [1.82, 2.24) is 4.57 Å². The average Bonchev–Trinajstić information content (AvgIpc) is 2.84. The Morgan fingerprint density at radius 1 is 0.850 bits per heavy atom. The highest BCUT2D eigenvalue weighted by atomic mass is 16.1. The fourth-order valence-corrected chi connectivity index (χ4v) is 3.25. The van der Waals surface area contributed by atoms with Gasteiger partial charge in [0.1, 0.15) is 0 Å². The van der Waals surface area contributed by atoms with E-state index in [1.807, 2.05) is 30.3 Å². The molecule has 0 N–H and O–H groups in total. The van der Waals surface area contributed by atoms with E-state index < -0.39 is 0 Å². The molecule has 1 heterocycles. The van der Waals surface area contributed by atoms with Crippen molar-refractivity contribution in [2.45, 2.75) is 19.3 Å². The summed E-state index contributed by atoms with van der Waals surface area (Å²) < 4.78 is 2.25. The summed E-state index contributed by atoms with van der Waals surface area (Å²) in [6.45, 7) is 0. The van der Waals surface area contributed by atoms with Gasteiger partial charge in [0.25, 0.3) is 0 Å². The SMILES string of the molecule is O=C1CCCc2c1c1ccccc1n2-c1ccccc1. The van der Waals surface area contributed by atoms with Crippen LogP contribution in [0.25, 0.3) is 16.6 Å². The highest BCUT2D eigenvalue weighted by Gasteiger charge is 2.25. The first kappa shape index (κ1) is 11.5. The van der Waals surface area contributed by atoms with Crippen LogP contribution in [0.2, 0.25) is 0 Å². The molecule has 3 aromatic rings. The number of para-hydroxylation sites is 2. The van der Waals surface area contributed by atoms with Gasteiger partial charge in [-0.05, 0) is 31.0 Å². The van der Waals surface area contributed by atoms with Gasteiger partial charge in [-0.3, -0.25) is 4.79 Å². The van der Waals surface area contributed by atoms with Gasteiger partial charge < -0.3 is 4.57 Å². The lowest BCUT2D eigenvalue weighted by Crippen LogP contribution is -2.12. The number of aromatic nitrogens is 1. The average molecular weight is 261 g/mol. The van der Waals surface area contributed by atoms with Gasteiger partial charge in [-0.25, -0.2) is 0 Å². The zero-order valence-corrected chi connectivity index (χ0v) is 11.2. The van der Waals surface area contributed by atoms with Crippen molar-refractivity contribution in [3.8, 4) is 5.69 Å². The van der Waals surface area contributed by atoms with E-state index in [9.17, 15) is 4.79 Å². The number of Topliss-reactive ketones (excluding diaryl/α,β-unsaturated/α-hetero) is 1. The zero-order chi connectivity index (χ0) is 13.5. The Bertz CT molecular complexity index is 799. The van der Waals surface area contributed by atoms with Crippen LogP contribution in [-0.4, -0.2) is 10.4 Å². The molecule has 20 heavy (non-hydrogen) atoms. The van der Waals surface area contributed by atoms with Crippen molar-refractivity contribution in [3.63, 3.8) is 0 Å². The number of benzene rings is 2. The topological polar surface area (TPSA) is 22.0 Å². The van der Waals surface area contributed by atoms with Crippen LogP contribution < -0.4 is 0 Å². The van der Waals surface area contributed by atoms with E-state index in [-0.39, 0.29) is 5.78 Å². The molecule has 0 saturated heterocycles. The number of hydrogen-bond acceptors (Lipinski definition) is 1. The van der Waals surface area contributed by atoms with Gasteiger partial charge in [-0.2, -0.15) is 0 Å². The van der Waals surface area contributed by atoms with E-state index in [2.05, 4.69) is 28.8 Å². The Balaban J connectivity index is 2.13. The maximum absolute atomic E-state index is 12.3. The van der Waals surface area contributed by atoms with Gasteiger partial charge >= 0.3 is 0 Å². The first-order valence-corrected chi connectivity index (χ1v) is 7.07. The second-order valence-corrected chi connectivity index (χ2v) is 5.29. The van der Waals surface area contributed by atoms with Crippen molar-refractivity contribution in [2.24, 2.45) is 0 Å². The third-order valence-electron chi connectivity index (χ3n) is 4.08. The molecule has 0 fully saturated rings. The second-order valence-electron chi connectivity index (χ2n) is 5.29. The van der Waals surface area contributed by atoms with E-state index in [1.54, 1.807) is 0 Å². The number of hydrogen-bond donors (Lipinski definition) is 0. The minimum atomic E-state index is 0.289. The minimum Gasteiger partial charge on any atom is -0.313 e. The van der Waals surface area contributed by atoms with Crippen molar-refractivity contribution in [3.05, 3.63) is 65.9 Å². The summed E-state index contributed by atoms with van der Waals surface area (Å²) in [7, 11) is 0. The number of carbonyl (C=O) groups excluding carboxylic acids is 1. The van der Waals surface area contributed by atoms with Crippen molar-refractivity contribution >= 4 is 16.7 Å². The van der Waals surface area contributed by atoms with Crippen LogP contribution in [0, 0.1) is 0 Å². The van der Waals surface area contributed by atoms with Crippen LogP contribution in [0.3, 0.4) is 0 Å². The summed E-state index contributed by atoms with van der Waals surface area (Å²) in [5.41, 5.74) is 4.39. The first-order valence-electron chi connectivity index (χ1n) is 7.07. The van der Waals surface area contributed by atoms with Gasteiger partial charge in [0, 0.05) is 28.8 Å². The fraction of sp³-hybridized carbons (Fsp3) is 0.167. The molecular weight excluding hydrogens is 246 g/mol. The quantitative estimate of drug-likeness (QED) is 0.645. The standard InChI is InChI=1S/C18H15NO/c20-17-12-6-11-16-18(17)14-9-4-5-10-15(14)19(16)13-7-2-1-3-8-13/h1-5,7-10H,6,11-12H2. The molecule has 0 bridgehead atoms. The Kier molecular flexibility index (Phi) is 2.49. The predicted octanol–water partition coefficient (Wildman–Crippen LogP) is 4.15. The Morgan fingerprint density at radius 2 is 1.60 bits per heavy atom. The number of carbonyl (C=O) groups is 1. The highest BCUT2D eigenvalue weighted by molar-refractivity contribution is 6.10. The molecule has 1 aliphatic carbocycles. The van der Waals surface area contributed by atoms with E-state index >= 15 is 0 Å². The lowest BCUT2D eigenvalue weighted by Gasteiger charge is -2.15. The van der Waals surface area contributed by atoms with Crippen LogP contribution in [0.4, 0.5) is 0 Å². The summed E-state index contributed by atoms with van der Waals surface area (Å²) in [5, 5.41) is 1.09. The van der Waals surface area contributed by atoms with Gasteiger partial charge in [0.05, 0.1) is 5.52 Å². The molecule has 0 atom stereocenters. The maximum Gasteiger partial charge on any atom is 0.165 e. The Morgan fingerprint density at radius 3 is 2.45 bits per heavy atom. The molecule has 98 valence electrons. The molecule has 0 amide bonds. The van der Waals surface area contributed by atoms with E-state index in [4.69, 9.17) is 0 Å². The lowest BCUT2D eigenvalue weighted by atomic mass is 9.94. The molecule has 0 unspecified atom stereocenters. The number of fused-ring (bicyclic) bond motifs is 3. The number of nitrogens with zero attached hydrogens (tertiary/aromatic N) is 1. The van der Waals surface area contributed by atoms with Crippen molar-refractivity contribution < 1.29 is 4.79 Å². The first-order chi connectivity index (χ1) is 9.86. The number of rotatable bonds is 1. The Hall–Kier alpha value is -2.35. The van der Waals surface area contributed by atoms with Crippen molar-refractivity contribution in [2.75, 3.05) is 0 Å². The van der Waals surface area contributed by atoms with Gasteiger partial charge in [0.15, 0.2) is 5.78 Å². The molecule has 0 radical (unpaired) electrons. The van der Waals surface area contributed by atoms with Crippen LogP contribution in [-0.2, 0) is 6.42 Å². The van der Waals surface area contributed by atoms with Gasteiger partial charge in [0.2, 0.25) is 0 Å². The summed E-state index contributed by atoms with van der Waals surface area (Å²) in [5.74, 6) is 0.289. The molecule has 4 rings (SSSR count). The molecule has 2 aromatic carbocycles. The monoisotopic (exact) mass is 261 g/mol. The largest absolute Gasteiger partial charge is 0.313 e. The molecule has 2 nitrogen and oxygen atoms in total. The van der Waals surface area contributed by atoms with Crippen LogP contribution in [0.5, 0.6) is 0 Å². The van der Waals surface area contributed by atoms with E-state index in [0.29, 0.717) is 6.42 Å². The van der Waals surface area contributed by atoms with Gasteiger partial charge in [-0.15, -0.1) is 0 Å². The van der Waals surface area contributed by atoms with E-state index in [1.165, 1.54) is 5.69 Å². The summed E-state index contributed by atoms with van der Waals surface area (Å²) in [4.78, 5) is 12.3. The lowest BCUT2D eigenvalue weighted by molar-refractivity contribution is 0.0973. The summed E-state index contributed by atoms with van der Waals surface area (Å²) in [6, 6.07) is 18.5. The minimum absolute atomic E-state index is 0.289. The van der Waals surface area contributed by atoms with E-state index in [0.717, 1.165) is 35.0 Å². The molecule has 2 heteroatoms.